The highest BCUT2D eigenvalue weighted by molar-refractivity contribution is 7.10. The Morgan fingerprint density at radius 1 is 1.61 bits per heavy atom. The van der Waals surface area contributed by atoms with Crippen LogP contribution in [0.15, 0.2) is 0 Å². The van der Waals surface area contributed by atoms with Gasteiger partial charge in [0.15, 0.2) is 0 Å². The number of hydrogen-bond acceptors (Lipinski definition) is 6. The molecule has 2 rings (SSSR count). The van der Waals surface area contributed by atoms with Gasteiger partial charge in [0.25, 0.3) is 0 Å². The fourth-order valence-electron chi connectivity index (χ4n) is 1.88. The molecule has 1 aromatic heterocycles. The fourth-order valence-corrected chi connectivity index (χ4v) is 2.68. The van der Waals surface area contributed by atoms with Gasteiger partial charge >= 0.3 is 0 Å². The Morgan fingerprint density at radius 3 is 2.94 bits per heavy atom. The van der Waals surface area contributed by atoms with Crippen molar-refractivity contribution in [3.63, 3.8) is 0 Å². The lowest BCUT2D eigenvalue weighted by Gasteiger charge is -2.23. The van der Waals surface area contributed by atoms with Crippen molar-refractivity contribution >= 4 is 22.4 Å². The summed E-state index contributed by atoms with van der Waals surface area (Å²) < 4.78 is 9.18. The topological polar surface area (TPSA) is 80.4 Å². The molecule has 0 amide bonds. The van der Waals surface area contributed by atoms with Gasteiger partial charge in [0, 0.05) is 32.2 Å². The molecule has 1 saturated carbocycles. The van der Waals surface area contributed by atoms with E-state index >= 15 is 0 Å². The number of nitrogen functional groups attached to an aromatic ring is 1. The zero-order chi connectivity index (χ0) is 13.2. The third-order valence-electron chi connectivity index (χ3n) is 3.22. The maximum Gasteiger partial charge on any atom is 0.142 e. The summed E-state index contributed by atoms with van der Waals surface area (Å²) in [5.41, 5.74) is 6.24. The van der Waals surface area contributed by atoms with E-state index in [1.165, 1.54) is 24.4 Å². The standard InChI is InChI=1S/C12H21N3O2S/c1-12(16,5-6-17-2)7-14-11-9(8-3-4-8)10(13)15-18-11/h8,14,16H,3-7H2,1-2H3,(H2,13,15). The largest absolute Gasteiger partial charge is 0.388 e. The van der Waals surface area contributed by atoms with Crippen LogP contribution in [-0.4, -0.2) is 35.3 Å². The van der Waals surface area contributed by atoms with E-state index in [1.54, 1.807) is 14.0 Å². The Balaban J connectivity index is 1.93. The van der Waals surface area contributed by atoms with Gasteiger partial charge in [-0.2, -0.15) is 4.37 Å². The second-order valence-electron chi connectivity index (χ2n) is 5.18. The molecule has 1 aliphatic rings. The highest BCUT2D eigenvalue weighted by Crippen LogP contribution is 2.47. The molecule has 1 atom stereocenters. The number of rotatable bonds is 7. The second kappa shape index (κ2) is 5.42. The highest BCUT2D eigenvalue weighted by atomic mass is 32.1. The third-order valence-corrected chi connectivity index (χ3v) is 4.05. The Hall–Kier alpha value is -0.850. The van der Waals surface area contributed by atoms with Crippen molar-refractivity contribution in [2.24, 2.45) is 0 Å². The fraction of sp³-hybridized carbons (Fsp3) is 0.750. The van der Waals surface area contributed by atoms with Crippen LogP contribution in [0.5, 0.6) is 0 Å². The van der Waals surface area contributed by atoms with Gasteiger partial charge in [-0.05, 0) is 37.2 Å². The summed E-state index contributed by atoms with van der Waals surface area (Å²) in [7, 11) is 1.64. The number of nitrogens with zero attached hydrogens (tertiary/aromatic N) is 1. The van der Waals surface area contributed by atoms with Crippen molar-refractivity contribution in [2.75, 3.05) is 31.3 Å². The van der Waals surface area contributed by atoms with Crippen LogP contribution in [0.4, 0.5) is 10.8 Å². The maximum absolute atomic E-state index is 10.2. The minimum Gasteiger partial charge on any atom is -0.388 e. The number of aromatic nitrogens is 1. The van der Waals surface area contributed by atoms with E-state index in [0.717, 1.165) is 10.6 Å². The van der Waals surface area contributed by atoms with Crippen molar-refractivity contribution in [1.29, 1.82) is 0 Å². The van der Waals surface area contributed by atoms with Gasteiger partial charge in [-0.25, -0.2) is 0 Å². The molecule has 0 aliphatic heterocycles. The first-order valence-corrected chi connectivity index (χ1v) is 7.01. The molecule has 1 unspecified atom stereocenters. The highest BCUT2D eigenvalue weighted by Gasteiger charge is 2.31. The lowest BCUT2D eigenvalue weighted by molar-refractivity contribution is 0.0358. The molecular formula is C12H21N3O2S. The van der Waals surface area contributed by atoms with E-state index in [0.29, 0.717) is 31.3 Å². The Morgan fingerprint density at radius 2 is 2.33 bits per heavy atom. The van der Waals surface area contributed by atoms with Gasteiger partial charge in [-0.3, -0.25) is 0 Å². The van der Waals surface area contributed by atoms with Gasteiger partial charge in [0.05, 0.1) is 5.60 Å². The zero-order valence-corrected chi connectivity index (χ0v) is 11.7. The summed E-state index contributed by atoms with van der Waals surface area (Å²) in [5.74, 6) is 1.21. The van der Waals surface area contributed by atoms with Crippen LogP contribution in [0.3, 0.4) is 0 Å². The molecule has 0 spiro atoms. The van der Waals surface area contributed by atoms with E-state index < -0.39 is 5.60 Å². The molecule has 6 heteroatoms. The molecule has 1 aromatic rings. The average Bonchev–Trinajstić information content (AvgIpc) is 3.09. The minimum absolute atomic E-state index is 0.484. The van der Waals surface area contributed by atoms with Gasteiger partial charge < -0.3 is 20.9 Å². The lowest BCUT2D eigenvalue weighted by Crippen LogP contribution is -2.34. The number of hydrogen-bond donors (Lipinski definition) is 3. The summed E-state index contributed by atoms with van der Waals surface area (Å²) in [6.45, 7) is 2.84. The van der Waals surface area contributed by atoms with Crippen LogP contribution in [0.1, 0.15) is 37.7 Å². The smallest absolute Gasteiger partial charge is 0.142 e. The SMILES string of the molecule is COCCC(C)(O)CNc1snc(N)c1C1CC1. The van der Waals surface area contributed by atoms with Crippen LogP contribution >= 0.6 is 11.5 Å². The molecule has 0 radical (unpaired) electrons. The molecule has 18 heavy (non-hydrogen) atoms. The molecule has 1 heterocycles. The van der Waals surface area contributed by atoms with Crippen LogP contribution in [-0.2, 0) is 4.74 Å². The molecular weight excluding hydrogens is 250 g/mol. The molecule has 1 aliphatic carbocycles. The summed E-state index contributed by atoms with van der Waals surface area (Å²) in [6, 6.07) is 0. The first-order valence-electron chi connectivity index (χ1n) is 6.24. The van der Waals surface area contributed by atoms with Gasteiger partial charge in [-0.1, -0.05) is 0 Å². The average molecular weight is 271 g/mol. The number of methoxy groups -OCH3 is 1. The molecule has 0 aromatic carbocycles. The Kier molecular flexibility index (Phi) is 4.09. The maximum atomic E-state index is 10.2. The predicted octanol–water partition coefficient (Wildman–Crippen LogP) is 1.80. The molecule has 1 fully saturated rings. The molecule has 0 bridgehead atoms. The predicted molar refractivity (Wildman–Crippen MR) is 74.1 cm³/mol. The number of anilines is 2. The van der Waals surface area contributed by atoms with E-state index in [9.17, 15) is 5.11 Å². The summed E-state index contributed by atoms with van der Waals surface area (Å²) in [4.78, 5) is 0. The number of aliphatic hydroxyl groups is 1. The van der Waals surface area contributed by atoms with Gasteiger partial charge in [0.2, 0.25) is 0 Å². The van der Waals surface area contributed by atoms with Gasteiger partial charge in [-0.15, -0.1) is 0 Å². The Labute approximate surface area is 112 Å². The van der Waals surface area contributed by atoms with Gasteiger partial charge in [0.1, 0.15) is 10.8 Å². The lowest BCUT2D eigenvalue weighted by atomic mass is 10.0. The first-order chi connectivity index (χ1) is 8.53. The second-order valence-corrected chi connectivity index (χ2v) is 5.95. The third kappa shape index (κ3) is 3.34. The van der Waals surface area contributed by atoms with Crippen molar-refractivity contribution in [2.45, 2.75) is 37.7 Å². The number of nitrogens with two attached hydrogens (primary N) is 1. The molecule has 0 saturated heterocycles. The molecule has 102 valence electrons. The van der Waals surface area contributed by atoms with Crippen LogP contribution in [0.25, 0.3) is 0 Å². The minimum atomic E-state index is -0.782. The summed E-state index contributed by atoms with van der Waals surface area (Å²) >= 11 is 1.38. The van der Waals surface area contributed by atoms with Crippen molar-refractivity contribution in [3.05, 3.63) is 5.56 Å². The molecule has 5 nitrogen and oxygen atoms in total. The van der Waals surface area contributed by atoms with E-state index in [2.05, 4.69) is 9.69 Å². The van der Waals surface area contributed by atoms with Crippen molar-refractivity contribution < 1.29 is 9.84 Å². The van der Waals surface area contributed by atoms with Crippen LogP contribution in [0, 0.1) is 0 Å². The quantitative estimate of drug-likeness (QED) is 0.704. The summed E-state index contributed by atoms with van der Waals surface area (Å²) in [6.07, 6.45) is 2.98. The van der Waals surface area contributed by atoms with E-state index in [-0.39, 0.29) is 0 Å². The zero-order valence-electron chi connectivity index (χ0n) is 10.9. The summed E-state index contributed by atoms with van der Waals surface area (Å²) in [5, 5.41) is 14.5. The van der Waals surface area contributed by atoms with Crippen LogP contribution in [0.2, 0.25) is 0 Å². The molecule has 4 N–H and O–H groups in total. The van der Waals surface area contributed by atoms with E-state index in [4.69, 9.17) is 10.5 Å². The first kappa shape index (κ1) is 13.6. The van der Waals surface area contributed by atoms with Crippen LogP contribution < -0.4 is 11.1 Å². The van der Waals surface area contributed by atoms with E-state index in [1.807, 2.05) is 0 Å². The number of nitrogens with one attached hydrogen (secondary N) is 1. The van der Waals surface area contributed by atoms with Crippen molar-refractivity contribution in [3.8, 4) is 0 Å². The normalized spacial score (nSPS) is 18.6. The van der Waals surface area contributed by atoms with Crippen molar-refractivity contribution in [1.82, 2.24) is 4.37 Å². The number of ether oxygens (including phenoxy) is 1. The monoisotopic (exact) mass is 271 g/mol. The Bertz CT molecular complexity index is 402.